The van der Waals surface area contributed by atoms with Crippen molar-refractivity contribution >= 4 is 39.9 Å². The van der Waals surface area contributed by atoms with Gasteiger partial charge in [-0.15, -0.1) is 5.10 Å². The van der Waals surface area contributed by atoms with Crippen molar-refractivity contribution < 1.29 is 9.53 Å². The molecule has 2 N–H and O–H groups in total. The number of rotatable bonds is 2. The number of ether oxygens (including phenoxy) is 1. The van der Waals surface area contributed by atoms with Gasteiger partial charge in [0.05, 0.1) is 12.1 Å². The van der Waals surface area contributed by atoms with Gasteiger partial charge in [0.2, 0.25) is 5.69 Å². The first kappa shape index (κ1) is 12.6. The topological polar surface area (TPSA) is 95.4 Å². The Labute approximate surface area is 118 Å². The Bertz CT molecular complexity index is 829. The molecule has 0 aliphatic carbocycles. The van der Waals surface area contributed by atoms with Gasteiger partial charge in [-0.3, -0.25) is 0 Å². The van der Waals surface area contributed by atoms with Gasteiger partial charge in [-0.2, -0.15) is 4.52 Å². The van der Waals surface area contributed by atoms with Crippen LogP contribution in [0.3, 0.4) is 0 Å². The predicted molar refractivity (Wildman–Crippen MR) is 73.7 cm³/mol. The highest BCUT2D eigenvalue weighted by Crippen LogP contribution is 2.24. The van der Waals surface area contributed by atoms with Crippen molar-refractivity contribution in [3.05, 3.63) is 28.9 Å². The molecule has 0 saturated heterocycles. The van der Waals surface area contributed by atoms with Gasteiger partial charge in [-0.25, -0.2) is 9.78 Å². The van der Waals surface area contributed by atoms with Gasteiger partial charge < -0.3 is 10.5 Å². The van der Waals surface area contributed by atoms with E-state index in [2.05, 4.69) is 15.3 Å². The minimum absolute atomic E-state index is 0.0282. The number of hydrogen-bond acceptors (Lipinski definition) is 6. The molecule has 0 spiro atoms. The van der Waals surface area contributed by atoms with Crippen LogP contribution in [0.4, 0.5) is 5.82 Å². The standard InChI is InChI=1S/C12H10ClN5O2/c1-2-20-12(19)9-11-15-10(14)7-4-3-6(13)5-8(7)18(11)17-16-9/h3-5H,2H2,1H3,(H2,14,15). The largest absolute Gasteiger partial charge is 0.461 e. The zero-order valence-corrected chi connectivity index (χ0v) is 11.3. The lowest BCUT2D eigenvalue weighted by atomic mass is 10.2. The summed E-state index contributed by atoms with van der Waals surface area (Å²) in [5.74, 6) is -0.312. The summed E-state index contributed by atoms with van der Waals surface area (Å²) in [6.45, 7) is 1.95. The number of nitrogens with two attached hydrogens (primary N) is 1. The average molecular weight is 292 g/mol. The number of carbonyl (C=O) groups is 1. The van der Waals surface area contributed by atoms with Crippen LogP contribution in [0.5, 0.6) is 0 Å². The van der Waals surface area contributed by atoms with Crippen LogP contribution in [-0.4, -0.2) is 32.4 Å². The van der Waals surface area contributed by atoms with E-state index in [9.17, 15) is 4.79 Å². The average Bonchev–Trinajstić information content (AvgIpc) is 2.82. The Kier molecular flexibility index (Phi) is 2.90. The zero-order chi connectivity index (χ0) is 14.3. The summed E-state index contributed by atoms with van der Waals surface area (Å²) in [6, 6.07) is 5.13. The molecule has 0 unspecified atom stereocenters. The van der Waals surface area contributed by atoms with Gasteiger partial charge >= 0.3 is 5.97 Å². The van der Waals surface area contributed by atoms with E-state index in [0.717, 1.165) is 0 Å². The molecule has 0 radical (unpaired) electrons. The molecule has 1 aromatic carbocycles. The van der Waals surface area contributed by atoms with E-state index in [1.807, 2.05) is 0 Å². The highest BCUT2D eigenvalue weighted by atomic mass is 35.5. The Morgan fingerprint density at radius 1 is 1.50 bits per heavy atom. The number of aromatic nitrogens is 4. The Balaban J connectivity index is 2.34. The molecule has 20 heavy (non-hydrogen) atoms. The summed E-state index contributed by atoms with van der Waals surface area (Å²) in [7, 11) is 0. The Morgan fingerprint density at radius 3 is 3.05 bits per heavy atom. The number of hydrogen-bond donors (Lipinski definition) is 1. The van der Waals surface area contributed by atoms with Crippen LogP contribution >= 0.6 is 11.6 Å². The molecule has 7 nitrogen and oxygen atoms in total. The van der Waals surface area contributed by atoms with Crippen LogP contribution in [0, 0.1) is 0 Å². The number of benzene rings is 1. The van der Waals surface area contributed by atoms with E-state index in [4.69, 9.17) is 22.1 Å². The maximum absolute atomic E-state index is 11.8. The molecule has 0 saturated carbocycles. The molecule has 2 heterocycles. The van der Waals surface area contributed by atoms with E-state index in [1.54, 1.807) is 25.1 Å². The monoisotopic (exact) mass is 291 g/mol. The number of carbonyl (C=O) groups excluding carboxylic acids is 1. The van der Waals surface area contributed by atoms with Gasteiger partial charge in [-0.1, -0.05) is 16.8 Å². The summed E-state index contributed by atoms with van der Waals surface area (Å²) in [6.07, 6.45) is 0. The molecule has 0 atom stereocenters. The van der Waals surface area contributed by atoms with Crippen molar-refractivity contribution in [2.24, 2.45) is 0 Å². The second-order valence-corrected chi connectivity index (χ2v) is 4.49. The Morgan fingerprint density at radius 2 is 2.30 bits per heavy atom. The summed E-state index contributed by atoms with van der Waals surface area (Å²) < 4.78 is 6.33. The molecule has 0 aliphatic rings. The van der Waals surface area contributed by atoms with Crippen molar-refractivity contribution in [2.75, 3.05) is 12.3 Å². The first-order chi connectivity index (χ1) is 9.61. The van der Waals surface area contributed by atoms with Gasteiger partial charge in [-0.05, 0) is 25.1 Å². The third-order valence-corrected chi connectivity index (χ3v) is 3.04. The van der Waals surface area contributed by atoms with E-state index in [1.165, 1.54) is 4.52 Å². The smallest absolute Gasteiger partial charge is 0.362 e. The predicted octanol–water partition coefficient (Wildman–Crippen LogP) is 1.69. The van der Waals surface area contributed by atoms with Gasteiger partial charge in [0.25, 0.3) is 0 Å². The summed E-state index contributed by atoms with van der Waals surface area (Å²) >= 11 is 5.98. The third kappa shape index (κ3) is 1.83. The van der Waals surface area contributed by atoms with Crippen molar-refractivity contribution in [2.45, 2.75) is 6.92 Å². The van der Waals surface area contributed by atoms with E-state index in [-0.39, 0.29) is 23.8 Å². The summed E-state index contributed by atoms with van der Waals surface area (Å²) in [4.78, 5) is 16.0. The fraction of sp³-hybridized carbons (Fsp3) is 0.167. The highest BCUT2D eigenvalue weighted by molar-refractivity contribution is 6.31. The van der Waals surface area contributed by atoms with Crippen molar-refractivity contribution in [3.8, 4) is 0 Å². The van der Waals surface area contributed by atoms with Crippen LogP contribution in [0.25, 0.3) is 16.6 Å². The summed E-state index contributed by atoms with van der Waals surface area (Å²) in [5, 5.41) is 8.94. The number of esters is 1. The molecule has 0 aliphatic heterocycles. The van der Waals surface area contributed by atoms with E-state index in [0.29, 0.717) is 15.9 Å². The number of anilines is 1. The molecule has 8 heteroatoms. The lowest BCUT2D eigenvalue weighted by Gasteiger charge is -2.04. The lowest BCUT2D eigenvalue weighted by molar-refractivity contribution is 0.0521. The maximum atomic E-state index is 11.8. The van der Waals surface area contributed by atoms with Crippen molar-refractivity contribution in [3.63, 3.8) is 0 Å². The Hall–Kier alpha value is -2.41. The molecular formula is C12H10ClN5O2. The minimum Gasteiger partial charge on any atom is -0.461 e. The fourth-order valence-electron chi connectivity index (χ4n) is 1.94. The molecule has 0 fully saturated rings. The normalized spacial score (nSPS) is 11.1. The second-order valence-electron chi connectivity index (χ2n) is 4.05. The maximum Gasteiger partial charge on any atom is 0.362 e. The number of halogens is 1. The van der Waals surface area contributed by atoms with Crippen LogP contribution in [0.15, 0.2) is 18.2 Å². The van der Waals surface area contributed by atoms with Crippen LogP contribution in [0.2, 0.25) is 5.02 Å². The second kappa shape index (κ2) is 4.61. The lowest BCUT2D eigenvalue weighted by Crippen LogP contribution is -2.07. The summed E-state index contributed by atoms with van der Waals surface area (Å²) in [5.41, 5.74) is 6.80. The van der Waals surface area contributed by atoms with Crippen LogP contribution < -0.4 is 5.73 Å². The number of fused-ring (bicyclic) bond motifs is 3. The van der Waals surface area contributed by atoms with Gasteiger partial charge in [0.15, 0.2) is 5.65 Å². The van der Waals surface area contributed by atoms with E-state index >= 15 is 0 Å². The zero-order valence-electron chi connectivity index (χ0n) is 10.5. The molecular weight excluding hydrogens is 282 g/mol. The molecule has 0 bridgehead atoms. The quantitative estimate of drug-likeness (QED) is 0.722. The van der Waals surface area contributed by atoms with Crippen LogP contribution in [-0.2, 0) is 4.74 Å². The van der Waals surface area contributed by atoms with E-state index < -0.39 is 5.97 Å². The highest BCUT2D eigenvalue weighted by Gasteiger charge is 2.20. The van der Waals surface area contributed by atoms with Crippen molar-refractivity contribution in [1.82, 2.24) is 19.8 Å². The molecule has 0 amide bonds. The SMILES string of the molecule is CCOC(=O)c1nnn2c1nc(N)c1ccc(Cl)cc12. The molecule has 2 aromatic heterocycles. The van der Waals surface area contributed by atoms with Gasteiger partial charge in [0.1, 0.15) is 5.82 Å². The van der Waals surface area contributed by atoms with Crippen molar-refractivity contribution in [1.29, 1.82) is 0 Å². The molecule has 3 rings (SSSR count). The fourth-order valence-corrected chi connectivity index (χ4v) is 2.11. The number of nitrogen functional groups attached to an aromatic ring is 1. The molecule has 102 valence electrons. The minimum atomic E-state index is -0.587. The first-order valence-corrected chi connectivity index (χ1v) is 6.27. The molecule has 3 aromatic rings. The number of nitrogens with zero attached hydrogens (tertiary/aromatic N) is 4. The third-order valence-electron chi connectivity index (χ3n) is 2.81. The van der Waals surface area contributed by atoms with Gasteiger partial charge in [0, 0.05) is 10.4 Å². The van der Waals surface area contributed by atoms with Crippen LogP contribution in [0.1, 0.15) is 17.4 Å². The first-order valence-electron chi connectivity index (χ1n) is 5.89.